The Morgan fingerprint density at radius 1 is 1.39 bits per heavy atom. The van der Waals surface area contributed by atoms with Gasteiger partial charge in [-0.25, -0.2) is 4.79 Å². The number of nitrogens with one attached hydrogen (secondary N) is 1. The third-order valence-corrected chi connectivity index (χ3v) is 4.38. The Bertz CT molecular complexity index is 461. The van der Waals surface area contributed by atoms with Crippen LogP contribution in [0, 0.1) is 6.92 Å². The molecule has 0 radical (unpaired) electrons. The summed E-state index contributed by atoms with van der Waals surface area (Å²) >= 11 is 1.57. The van der Waals surface area contributed by atoms with E-state index in [1.807, 2.05) is 19.1 Å². The van der Waals surface area contributed by atoms with Crippen LogP contribution in [0.25, 0.3) is 0 Å². The lowest BCUT2D eigenvalue weighted by Crippen LogP contribution is -2.52. The SMILES string of the molecule is Cc1ccc(CC(=O)NC2(C(=O)O)CCCC2)s1. The number of hydrogen-bond acceptors (Lipinski definition) is 3. The summed E-state index contributed by atoms with van der Waals surface area (Å²) < 4.78 is 0. The van der Waals surface area contributed by atoms with Gasteiger partial charge in [0.15, 0.2) is 0 Å². The predicted octanol–water partition coefficient (Wildman–Crippen LogP) is 2.11. The predicted molar refractivity (Wildman–Crippen MR) is 69.7 cm³/mol. The van der Waals surface area contributed by atoms with Crippen molar-refractivity contribution in [2.45, 2.75) is 44.6 Å². The van der Waals surface area contributed by atoms with E-state index in [0.29, 0.717) is 12.8 Å². The molecule has 1 aromatic rings. The van der Waals surface area contributed by atoms with Gasteiger partial charge in [0.2, 0.25) is 5.91 Å². The third kappa shape index (κ3) is 2.72. The Morgan fingerprint density at radius 3 is 2.56 bits per heavy atom. The number of carbonyl (C=O) groups is 2. The Balaban J connectivity index is 1.99. The van der Waals surface area contributed by atoms with E-state index in [1.54, 1.807) is 11.3 Å². The molecule has 0 saturated heterocycles. The fraction of sp³-hybridized carbons (Fsp3) is 0.538. The van der Waals surface area contributed by atoms with Crippen LogP contribution < -0.4 is 5.32 Å². The zero-order valence-electron chi connectivity index (χ0n) is 10.4. The first-order valence-electron chi connectivity index (χ1n) is 6.12. The molecule has 0 aliphatic heterocycles. The molecule has 4 nitrogen and oxygen atoms in total. The van der Waals surface area contributed by atoms with Gasteiger partial charge >= 0.3 is 5.97 Å². The van der Waals surface area contributed by atoms with Gasteiger partial charge in [-0.1, -0.05) is 12.8 Å². The van der Waals surface area contributed by atoms with Gasteiger partial charge in [-0.3, -0.25) is 4.79 Å². The van der Waals surface area contributed by atoms with Crippen molar-refractivity contribution in [2.24, 2.45) is 0 Å². The number of carboxylic acids is 1. The Hall–Kier alpha value is -1.36. The average molecular weight is 267 g/mol. The highest BCUT2D eigenvalue weighted by Gasteiger charge is 2.42. The van der Waals surface area contributed by atoms with Gasteiger partial charge in [-0.2, -0.15) is 0 Å². The lowest BCUT2D eigenvalue weighted by Gasteiger charge is -2.25. The fourth-order valence-corrected chi connectivity index (χ4v) is 3.31. The summed E-state index contributed by atoms with van der Waals surface area (Å²) in [5.74, 6) is -1.10. The van der Waals surface area contributed by atoms with Crippen molar-refractivity contribution in [2.75, 3.05) is 0 Å². The molecule has 1 fully saturated rings. The number of aryl methyl sites for hydroxylation is 1. The summed E-state index contributed by atoms with van der Waals surface area (Å²) in [6, 6.07) is 3.89. The Labute approximate surface area is 110 Å². The van der Waals surface area contributed by atoms with Crippen LogP contribution >= 0.6 is 11.3 Å². The highest BCUT2D eigenvalue weighted by atomic mass is 32.1. The zero-order chi connectivity index (χ0) is 13.2. The first-order valence-corrected chi connectivity index (χ1v) is 6.93. The molecule has 98 valence electrons. The molecular weight excluding hydrogens is 250 g/mol. The molecule has 18 heavy (non-hydrogen) atoms. The molecule has 2 N–H and O–H groups in total. The number of aliphatic carboxylic acids is 1. The summed E-state index contributed by atoms with van der Waals surface area (Å²) in [6.07, 6.45) is 3.08. The number of carbonyl (C=O) groups excluding carboxylic acids is 1. The normalized spacial score (nSPS) is 17.6. The number of carboxylic acid groups (broad SMARTS) is 1. The zero-order valence-corrected chi connectivity index (χ0v) is 11.2. The maximum Gasteiger partial charge on any atom is 0.329 e. The first-order chi connectivity index (χ1) is 8.52. The van der Waals surface area contributed by atoms with E-state index in [0.717, 1.165) is 22.6 Å². The number of rotatable bonds is 4. The van der Waals surface area contributed by atoms with Gasteiger partial charge in [0.05, 0.1) is 6.42 Å². The Kier molecular flexibility index (Phi) is 3.71. The molecule has 2 rings (SSSR count). The molecule has 1 heterocycles. The molecule has 1 amide bonds. The topological polar surface area (TPSA) is 66.4 Å². The lowest BCUT2D eigenvalue weighted by atomic mass is 9.97. The molecule has 1 aromatic heterocycles. The minimum absolute atomic E-state index is 0.193. The van der Waals surface area contributed by atoms with Crippen LogP contribution in [-0.2, 0) is 16.0 Å². The van der Waals surface area contributed by atoms with Crippen molar-refractivity contribution in [3.63, 3.8) is 0 Å². The third-order valence-electron chi connectivity index (χ3n) is 3.38. The summed E-state index contributed by atoms with van der Waals surface area (Å²) in [4.78, 5) is 25.4. The number of hydrogen-bond donors (Lipinski definition) is 2. The second-order valence-electron chi connectivity index (χ2n) is 4.83. The second-order valence-corrected chi connectivity index (χ2v) is 6.20. The molecule has 1 aliphatic carbocycles. The van der Waals surface area contributed by atoms with Crippen molar-refractivity contribution < 1.29 is 14.7 Å². The van der Waals surface area contributed by atoms with E-state index in [4.69, 9.17) is 0 Å². The van der Waals surface area contributed by atoms with Gasteiger partial charge < -0.3 is 10.4 Å². The average Bonchev–Trinajstić information content (AvgIpc) is 2.89. The number of thiophene rings is 1. The molecule has 0 spiro atoms. The minimum Gasteiger partial charge on any atom is -0.480 e. The largest absolute Gasteiger partial charge is 0.480 e. The van der Waals surface area contributed by atoms with Crippen molar-refractivity contribution in [3.8, 4) is 0 Å². The van der Waals surface area contributed by atoms with Crippen LogP contribution in [0.2, 0.25) is 0 Å². The maximum atomic E-state index is 11.9. The van der Waals surface area contributed by atoms with E-state index in [-0.39, 0.29) is 12.3 Å². The van der Waals surface area contributed by atoms with Crippen molar-refractivity contribution in [1.82, 2.24) is 5.32 Å². The molecule has 1 aliphatic rings. The van der Waals surface area contributed by atoms with Gasteiger partial charge in [0.25, 0.3) is 0 Å². The summed E-state index contributed by atoms with van der Waals surface area (Å²) in [5.41, 5.74) is -1.02. The van der Waals surface area contributed by atoms with Crippen LogP contribution in [0.1, 0.15) is 35.4 Å². The molecule has 1 saturated carbocycles. The lowest BCUT2D eigenvalue weighted by molar-refractivity contribution is -0.147. The number of amides is 1. The highest BCUT2D eigenvalue weighted by Crippen LogP contribution is 2.30. The van der Waals surface area contributed by atoms with Crippen LogP contribution in [0.5, 0.6) is 0 Å². The molecular formula is C13H17NO3S. The monoisotopic (exact) mass is 267 g/mol. The van der Waals surface area contributed by atoms with E-state index in [2.05, 4.69) is 5.32 Å². The second kappa shape index (κ2) is 5.10. The maximum absolute atomic E-state index is 11.9. The summed E-state index contributed by atoms with van der Waals surface area (Å²) in [7, 11) is 0. The van der Waals surface area contributed by atoms with Crippen LogP contribution in [0.3, 0.4) is 0 Å². The molecule has 0 aromatic carbocycles. The smallest absolute Gasteiger partial charge is 0.329 e. The van der Waals surface area contributed by atoms with E-state index < -0.39 is 11.5 Å². The van der Waals surface area contributed by atoms with Crippen LogP contribution in [0.4, 0.5) is 0 Å². The quantitative estimate of drug-likeness (QED) is 0.878. The molecule has 0 atom stereocenters. The molecule has 0 bridgehead atoms. The van der Waals surface area contributed by atoms with Crippen LogP contribution in [0.15, 0.2) is 12.1 Å². The highest BCUT2D eigenvalue weighted by molar-refractivity contribution is 7.12. The van der Waals surface area contributed by atoms with E-state index in [9.17, 15) is 14.7 Å². The van der Waals surface area contributed by atoms with Crippen LogP contribution in [-0.4, -0.2) is 22.5 Å². The summed E-state index contributed by atoms with van der Waals surface area (Å²) in [5, 5.41) is 12.0. The summed E-state index contributed by atoms with van der Waals surface area (Å²) in [6.45, 7) is 1.99. The standard InChI is InChI=1S/C13H17NO3S/c1-9-4-5-10(18-9)8-11(15)14-13(12(16)17)6-2-3-7-13/h4-5H,2-3,6-8H2,1H3,(H,14,15)(H,16,17). The van der Waals surface area contributed by atoms with E-state index in [1.165, 1.54) is 0 Å². The fourth-order valence-electron chi connectivity index (χ4n) is 2.42. The molecule has 5 heteroatoms. The van der Waals surface area contributed by atoms with Crippen molar-refractivity contribution in [3.05, 3.63) is 21.9 Å². The minimum atomic E-state index is -1.02. The molecule has 0 unspecified atom stereocenters. The van der Waals surface area contributed by atoms with Gasteiger partial charge in [-0.15, -0.1) is 11.3 Å². The van der Waals surface area contributed by atoms with Gasteiger partial charge in [0.1, 0.15) is 5.54 Å². The van der Waals surface area contributed by atoms with E-state index >= 15 is 0 Å². The first kappa shape index (κ1) is 13.1. The van der Waals surface area contributed by atoms with Crippen molar-refractivity contribution in [1.29, 1.82) is 0 Å². The van der Waals surface area contributed by atoms with Gasteiger partial charge in [-0.05, 0) is 31.9 Å². The van der Waals surface area contributed by atoms with Crippen molar-refractivity contribution >= 4 is 23.2 Å². The van der Waals surface area contributed by atoms with Gasteiger partial charge in [0, 0.05) is 9.75 Å². The Morgan fingerprint density at radius 2 is 2.06 bits per heavy atom.